The van der Waals surface area contributed by atoms with Crippen LogP contribution in [-0.4, -0.2) is 46.1 Å². The summed E-state index contributed by atoms with van der Waals surface area (Å²) in [7, 11) is -9.75. The van der Waals surface area contributed by atoms with Gasteiger partial charge in [0.05, 0.1) is 0 Å². The molecule has 0 spiro atoms. The summed E-state index contributed by atoms with van der Waals surface area (Å²) in [6.07, 6.45) is 2.43. The number of nitrogens with zero attached hydrogens (tertiary/aromatic N) is 4. The van der Waals surface area contributed by atoms with Gasteiger partial charge in [0.2, 0.25) is 16.0 Å². The first-order valence-electron chi connectivity index (χ1n) is 7.90. The Bertz CT molecular complexity index is 1440. The van der Waals surface area contributed by atoms with Crippen LogP contribution in [0, 0.1) is 0 Å². The molecule has 4 aromatic heterocycles. The van der Waals surface area contributed by atoms with Crippen LogP contribution in [-0.2, 0) is 20.2 Å². The van der Waals surface area contributed by atoms with Gasteiger partial charge in [-0.15, -0.1) is 10.2 Å². The number of rotatable bonds is 5. The van der Waals surface area contributed by atoms with Crippen molar-refractivity contribution in [3.63, 3.8) is 0 Å². The fraction of sp³-hybridized carbons (Fsp3) is 0. The summed E-state index contributed by atoms with van der Waals surface area (Å²) in [5.41, 5.74) is 0.166. The maximum atomic E-state index is 11.2. The van der Waals surface area contributed by atoms with Crippen molar-refractivity contribution >= 4 is 20.2 Å². The first kappa shape index (κ1) is 19.8. The van der Waals surface area contributed by atoms with Gasteiger partial charge in [-0.05, 0) is 24.3 Å². The predicted octanol–water partition coefficient (Wildman–Crippen LogP) is 1.26. The van der Waals surface area contributed by atoms with Crippen LogP contribution in [0.25, 0.3) is 34.2 Å². The second-order valence-electron chi connectivity index (χ2n) is 5.73. The molecule has 0 aliphatic rings. The van der Waals surface area contributed by atoms with Crippen molar-refractivity contribution in [3.05, 3.63) is 48.9 Å². The van der Waals surface area contributed by atoms with E-state index in [1.54, 1.807) is 18.2 Å². The second kappa shape index (κ2) is 7.10. The summed E-state index contributed by atoms with van der Waals surface area (Å²) in [5.74, 6) is -0.128. The molecule has 14 heteroatoms. The number of hydrogen-bond acceptors (Lipinski definition) is 12. The van der Waals surface area contributed by atoms with Gasteiger partial charge in [0, 0.05) is 17.8 Å². The molecule has 0 amide bonds. The van der Waals surface area contributed by atoms with Gasteiger partial charge in [0.25, 0.3) is 0 Å². The highest BCUT2D eigenvalue weighted by atomic mass is 32.2. The molecule has 0 atom stereocenters. The van der Waals surface area contributed by atoms with Crippen LogP contribution in [0.1, 0.15) is 0 Å². The first-order chi connectivity index (χ1) is 14.1. The molecular formula is C16H8N4O8S2-2. The van der Waals surface area contributed by atoms with Crippen molar-refractivity contribution in [2.24, 2.45) is 0 Å². The van der Waals surface area contributed by atoms with Crippen molar-refractivity contribution in [2.45, 2.75) is 10.2 Å². The lowest BCUT2D eigenvalue weighted by molar-refractivity contribution is 0.397. The normalized spacial score (nSPS) is 12.2. The van der Waals surface area contributed by atoms with Crippen molar-refractivity contribution < 1.29 is 34.8 Å². The molecule has 30 heavy (non-hydrogen) atoms. The second-order valence-corrected chi connectivity index (χ2v) is 8.35. The van der Waals surface area contributed by atoms with E-state index in [1.807, 2.05) is 0 Å². The molecule has 12 nitrogen and oxygen atoms in total. The minimum Gasteiger partial charge on any atom is -0.742 e. The van der Waals surface area contributed by atoms with Crippen LogP contribution >= 0.6 is 0 Å². The fourth-order valence-corrected chi connectivity index (χ4v) is 3.31. The molecule has 4 rings (SSSR count). The molecule has 0 saturated carbocycles. The number of hydrogen-bond donors (Lipinski definition) is 0. The van der Waals surface area contributed by atoms with Gasteiger partial charge in [-0.2, -0.15) is 0 Å². The lowest BCUT2D eigenvalue weighted by Gasteiger charge is -2.06. The Morgan fingerprint density at radius 2 is 1.63 bits per heavy atom. The van der Waals surface area contributed by atoms with Crippen LogP contribution in [0.3, 0.4) is 0 Å². The van der Waals surface area contributed by atoms with Crippen molar-refractivity contribution in [2.75, 3.05) is 0 Å². The maximum Gasteiger partial charge on any atom is 0.206 e. The molecule has 0 N–H and O–H groups in total. The third-order valence-corrected chi connectivity index (χ3v) is 5.16. The molecule has 0 aromatic carbocycles. The SMILES string of the molecule is O=S(=O)([O-])c1cc(-c2nnc(-c3ccccn3)nc2-c2ccc(S(=O)(=O)[O-])o2)co1. The van der Waals surface area contributed by atoms with E-state index < -0.39 is 30.4 Å². The minimum atomic E-state index is -4.88. The van der Waals surface area contributed by atoms with E-state index in [9.17, 15) is 25.9 Å². The van der Waals surface area contributed by atoms with Gasteiger partial charge in [0.15, 0.2) is 26.0 Å². The lowest BCUT2D eigenvalue weighted by atomic mass is 10.1. The fourth-order valence-electron chi connectivity index (χ4n) is 2.45. The smallest absolute Gasteiger partial charge is 0.206 e. The van der Waals surface area contributed by atoms with Crippen LogP contribution in [0.2, 0.25) is 0 Å². The zero-order valence-corrected chi connectivity index (χ0v) is 16.1. The summed E-state index contributed by atoms with van der Waals surface area (Å²) in [5, 5.41) is 6.19. The zero-order valence-electron chi connectivity index (χ0n) is 14.5. The highest BCUT2D eigenvalue weighted by Crippen LogP contribution is 2.33. The van der Waals surface area contributed by atoms with Gasteiger partial charge in [-0.1, -0.05) is 6.07 Å². The topological polar surface area (TPSA) is 192 Å². The Kier molecular flexibility index (Phi) is 4.70. The molecule has 154 valence electrons. The average molecular weight is 448 g/mol. The lowest BCUT2D eigenvalue weighted by Crippen LogP contribution is -2.00. The Balaban J connectivity index is 1.92. The van der Waals surface area contributed by atoms with E-state index in [0.717, 1.165) is 18.4 Å². The molecule has 0 aliphatic carbocycles. The van der Waals surface area contributed by atoms with E-state index in [1.165, 1.54) is 12.3 Å². The van der Waals surface area contributed by atoms with Gasteiger partial charge >= 0.3 is 0 Å². The molecule has 0 radical (unpaired) electrons. The summed E-state index contributed by atoms with van der Waals surface area (Å²) in [6.45, 7) is 0. The van der Waals surface area contributed by atoms with E-state index in [-0.39, 0.29) is 28.5 Å². The van der Waals surface area contributed by atoms with E-state index in [4.69, 9.17) is 8.83 Å². The van der Waals surface area contributed by atoms with Gasteiger partial charge in [-0.25, -0.2) is 21.8 Å². The molecule has 0 fully saturated rings. The van der Waals surface area contributed by atoms with E-state index >= 15 is 0 Å². The summed E-state index contributed by atoms with van der Waals surface area (Å²) in [4.78, 5) is 8.35. The Morgan fingerprint density at radius 1 is 0.867 bits per heavy atom. The maximum absolute atomic E-state index is 11.2. The molecule has 0 saturated heterocycles. The Morgan fingerprint density at radius 3 is 2.23 bits per heavy atom. The highest BCUT2D eigenvalue weighted by molar-refractivity contribution is 7.85. The number of aromatic nitrogens is 4. The Hall–Kier alpha value is -3.46. The van der Waals surface area contributed by atoms with Crippen molar-refractivity contribution in [1.29, 1.82) is 0 Å². The number of pyridine rings is 1. The van der Waals surface area contributed by atoms with Crippen molar-refractivity contribution in [1.82, 2.24) is 20.2 Å². The molecule has 0 unspecified atom stereocenters. The molecule has 0 aliphatic heterocycles. The molecular weight excluding hydrogens is 440 g/mol. The quantitative estimate of drug-likeness (QED) is 0.397. The van der Waals surface area contributed by atoms with Crippen molar-refractivity contribution in [3.8, 4) is 34.2 Å². The van der Waals surface area contributed by atoms with Gasteiger partial charge in [0.1, 0.15) is 23.3 Å². The summed E-state index contributed by atoms with van der Waals surface area (Å²) >= 11 is 0. The van der Waals surface area contributed by atoms with Crippen LogP contribution in [0.5, 0.6) is 0 Å². The van der Waals surface area contributed by atoms with Crippen LogP contribution in [0.4, 0.5) is 0 Å². The molecule has 0 bridgehead atoms. The van der Waals surface area contributed by atoms with Gasteiger partial charge in [-0.3, -0.25) is 4.98 Å². The zero-order chi connectivity index (χ0) is 21.5. The van der Waals surface area contributed by atoms with Crippen LogP contribution in [0.15, 0.2) is 67.9 Å². The molecule has 4 aromatic rings. The minimum absolute atomic E-state index is 0.00919. The third kappa shape index (κ3) is 3.84. The standard InChI is InChI=1S/C16H10N4O8S2/c21-29(22,23)12-5-4-11(28-12)15-14(9-7-13(27-8-9)30(24,25)26)19-20-16(18-15)10-3-1-2-6-17-10/h1-8H,(H,21,22,23)(H,24,25,26)/p-2. The van der Waals surface area contributed by atoms with Crippen LogP contribution < -0.4 is 0 Å². The van der Waals surface area contributed by atoms with E-state index in [2.05, 4.69) is 20.2 Å². The third-order valence-electron chi connectivity index (χ3n) is 3.74. The average Bonchev–Trinajstić information content (AvgIpc) is 3.37. The largest absolute Gasteiger partial charge is 0.742 e. The summed E-state index contributed by atoms with van der Waals surface area (Å²) < 4.78 is 77.0. The first-order valence-corrected chi connectivity index (χ1v) is 10.7. The number of furan rings is 2. The monoisotopic (exact) mass is 448 g/mol. The van der Waals surface area contributed by atoms with E-state index in [0.29, 0.717) is 5.69 Å². The highest BCUT2D eigenvalue weighted by Gasteiger charge is 2.21. The Labute approximate surface area is 168 Å². The summed E-state index contributed by atoms with van der Waals surface area (Å²) in [6, 6.07) is 7.96. The predicted molar refractivity (Wildman–Crippen MR) is 94.4 cm³/mol. The van der Waals surface area contributed by atoms with Gasteiger partial charge < -0.3 is 17.9 Å². The molecule has 4 heterocycles.